The zero-order chi connectivity index (χ0) is 27.4. The summed E-state index contributed by atoms with van der Waals surface area (Å²) in [6.07, 6.45) is 10.1. The summed E-state index contributed by atoms with van der Waals surface area (Å²) in [4.78, 5) is 16.0. The van der Waals surface area contributed by atoms with Crippen molar-refractivity contribution in [1.82, 2.24) is 4.98 Å². The normalized spacial score (nSPS) is 16.9. The second-order valence-electron chi connectivity index (χ2n) is 10.7. The molecule has 6 heteroatoms. The molecule has 0 radical (unpaired) electrons. The number of rotatable bonds is 11. The average Bonchev–Trinajstić information content (AvgIpc) is 3.70. The van der Waals surface area contributed by atoms with Crippen molar-refractivity contribution in [2.75, 3.05) is 14.2 Å². The lowest BCUT2D eigenvalue weighted by Crippen LogP contribution is -2.20. The Morgan fingerprint density at radius 1 is 1.13 bits per heavy atom. The molecule has 1 aromatic heterocycles. The van der Waals surface area contributed by atoms with E-state index < -0.39 is 0 Å². The zero-order valence-electron chi connectivity index (χ0n) is 22.8. The van der Waals surface area contributed by atoms with Crippen molar-refractivity contribution in [2.45, 2.75) is 62.9 Å². The Labute approximate surface area is 230 Å². The van der Waals surface area contributed by atoms with Crippen LogP contribution >= 0.6 is 0 Å². The largest absolute Gasteiger partial charge is 0.489 e. The van der Waals surface area contributed by atoms with Gasteiger partial charge in [-0.25, -0.2) is 9.37 Å². The molecule has 39 heavy (non-hydrogen) atoms. The smallest absolute Gasteiger partial charge is 0.306 e. The molecule has 2 aliphatic carbocycles. The highest BCUT2D eigenvalue weighted by molar-refractivity contribution is 5.72. The Morgan fingerprint density at radius 3 is 2.62 bits per heavy atom. The Bertz CT molecular complexity index is 1340. The van der Waals surface area contributed by atoms with Gasteiger partial charge < -0.3 is 14.2 Å². The first-order valence-corrected chi connectivity index (χ1v) is 13.7. The molecule has 2 saturated carbocycles. The van der Waals surface area contributed by atoms with Gasteiger partial charge in [0.1, 0.15) is 18.2 Å². The lowest BCUT2D eigenvalue weighted by molar-refractivity contribution is -0.141. The number of benzene rings is 2. The summed E-state index contributed by atoms with van der Waals surface area (Å²) in [7, 11) is 2.97. The number of hydrogen-bond donors (Lipinski definition) is 0. The summed E-state index contributed by atoms with van der Waals surface area (Å²) in [5, 5.41) is 0. The number of ether oxygens (including phenoxy) is 3. The highest BCUT2D eigenvalue weighted by atomic mass is 19.1. The summed E-state index contributed by atoms with van der Waals surface area (Å²) < 4.78 is 31.5. The highest BCUT2D eigenvalue weighted by Gasteiger charge is 2.36. The van der Waals surface area contributed by atoms with Crippen molar-refractivity contribution in [3.63, 3.8) is 0 Å². The molecule has 0 N–H and O–H groups in total. The van der Waals surface area contributed by atoms with Crippen molar-refractivity contribution in [1.29, 1.82) is 0 Å². The van der Waals surface area contributed by atoms with E-state index in [1.807, 2.05) is 36.4 Å². The minimum absolute atomic E-state index is 0.147. The number of carbonyl (C=O) groups is 1. The summed E-state index contributed by atoms with van der Waals surface area (Å²) in [6.45, 7) is 4.55. The topological polar surface area (TPSA) is 57.7 Å². The SMILES string of the molecule is C=CC1(c2cc(COc3cccc(C(CC(=O)OC)C4CC4)c3)ccc2-c2cc(OC)ncc2F)CCCC1. The molecule has 1 unspecified atom stereocenters. The van der Waals surface area contributed by atoms with Gasteiger partial charge in [0.25, 0.3) is 0 Å². The van der Waals surface area contributed by atoms with E-state index >= 15 is 4.39 Å². The predicted molar refractivity (Wildman–Crippen MR) is 149 cm³/mol. The number of halogens is 1. The number of nitrogens with zero attached hydrogens (tertiary/aromatic N) is 1. The number of hydrogen-bond acceptors (Lipinski definition) is 5. The first kappa shape index (κ1) is 26.9. The van der Waals surface area contributed by atoms with Gasteiger partial charge in [0.05, 0.1) is 26.8 Å². The molecule has 2 fully saturated rings. The third kappa shape index (κ3) is 5.85. The number of esters is 1. The Morgan fingerprint density at radius 2 is 1.92 bits per heavy atom. The molecule has 2 aromatic carbocycles. The number of carbonyl (C=O) groups excluding carboxylic acids is 1. The Hall–Kier alpha value is -3.67. The highest BCUT2D eigenvalue weighted by Crippen LogP contribution is 2.47. The molecular formula is C33H36FNO4. The van der Waals surface area contributed by atoms with Crippen molar-refractivity contribution < 1.29 is 23.4 Å². The van der Waals surface area contributed by atoms with Gasteiger partial charge in [0.15, 0.2) is 0 Å². The maximum atomic E-state index is 15.0. The quantitative estimate of drug-likeness (QED) is 0.190. The minimum Gasteiger partial charge on any atom is -0.489 e. The fourth-order valence-electron chi connectivity index (χ4n) is 5.97. The van der Waals surface area contributed by atoms with Gasteiger partial charge in [0.2, 0.25) is 5.88 Å². The van der Waals surface area contributed by atoms with E-state index in [-0.39, 0.29) is 23.1 Å². The molecule has 2 aliphatic rings. The summed E-state index contributed by atoms with van der Waals surface area (Å²) >= 11 is 0. The molecule has 5 rings (SSSR count). The molecule has 1 heterocycles. The molecule has 3 aromatic rings. The van der Waals surface area contributed by atoms with E-state index in [2.05, 4.69) is 23.7 Å². The van der Waals surface area contributed by atoms with Crippen LogP contribution in [-0.2, 0) is 21.6 Å². The van der Waals surface area contributed by atoms with Crippen LogP contribution in [0.1, 0.15) is 67.6 Å². The lowest BCUT2D eigenvalue weighted by atomic mass is 9.75. The fourth-order valence-corrected chi connectivity index (χ4v) is 5.97. The molecule has 0 saturated heterocycles. The first-order valence-electron chi connectivity index (χ1n) is 13.7. The maximum Gasteiger partial charge on any atom is 0.306 e. The van der Waals surface area contributed by atoms with E-state index in [0.717, 1.165) is 66.5 Å². The van der Waals surface area contributed by atoms with Gasteiger partial charge in [-0.15, -0.1) is 6.58 Å². The molecule has 0 amide bonds. The van der Waals surface area contributed by atoms with Gasteiger partial charge in [-0.2, -0.15) is 0 Å². The number of aromatic nitrogens is 1. The van der Waals surface area contributed by atoms with E-state index in [1.165, 1.54) is 20.4 Å². The van der Waals surface area contributed by atoms with Crippen LogP contribution < -0.4 is 9.47 Å². The lowest BCUT2D eigenvalue weighted by Gasteiger charge is -2.29. The van der Waals surface area contributed by atoms with Crippen molar-refractivity contribution in [2.24, 2.45) is 5.92 Å². The van der Waals surface area contributed by atoms with E-state index in [4.69, 9.17) is 14.2 Å². The van der Waals surface area contributed by atoms with Crippen LogP contribution in [0.4, 0.5) is 4.39 Å². The van der Waals surface area contributed by atoms with Crippen molar-refractivity contribution in [3.05, 3.63) is 89.9 Å². The van der Waals surface area contributed by atoms with Crippen molar-refractivity contribution in [3.8, 4) is 22.8 Å². The molecule has 5 nitrogen and oxygen atoms in total. The van der Waals surface area contributed by atoms with Gasteiger partial charge in [-0.05, 0) is 71.9 Å². The predicted octanol–water partition coefficient (Wildman–Crippen LogP) is 7.53. The third-order valence-corrected chi connectivity index (χ3v) is 8.33. The van der Waals surface area contributed by atoms with E-state index in [9.17, 15) is 4.79 Å². The van der Waals surface area contributed by atoms with Crippen LogP contribution in [0.3, 0.4) is 0 Å². The van der Waals surface area contributed by atoms with Gasteiger partial charge in [-0.3, -0.25) is 4.79 Å². The zero-order valence-corrected chi connectivity index (χ0v) is 22.8. The second-order valence-corrected chi connectivity index (χ2v) is 10.7. The maximum absolute atomic E-state index is 15.0. The van der Waals surface area contributed by atoms with Crippen LogP contribution in [-0.4, -0.2) is 25.2 Å². The number of allylic oxidation sites excluding steroid dienone is 1. The molecule has 0 aliphatic heterocycles. The van der Waals surface area contributed by atoms with Gasteiger partial charge in [-0.1, -0.05) is 49.2 Å². The monoisotopic (exact) mass is 529 g/mol. The molecule has 1 atom stereocenters. The van der Waals surface area contributed by atoms with Crippen LogP contribution in [0.15, 0.2) is 67.4 Å². The molecule has 0 spiro atoms. The summed E-state index contributed by atoms with van der Waals surface area (Å²) in [5.41, 5.74) is 4.25. The second kappa shape index (κ2) is 11.6. The van der Waals surface area contributed by atoms with Crippen molar-refractivity contribution >= 4 is 5.97 Å². The molecular weight excluding hydrogens is 493 g/mol. The third-order valence-electron chi connectivity index (χ3n) is 8.33. The van der Waals surface area contributed by atoms with E-state index in [0.29, 0.717) is 30.4 Å². The minimum atomic E-state index is -0.382. The fraction of sp³-hybridized carbons (Fsp3) is 0.394. The van der Waals surface area contributed by atoms with Gasteiger partial charge >= 0.3 is 5.97 Å². The average molecular weight is 530 g/mol. The van der Waals surface area contributed by atoms with Crippen LogP contribution in [0.25, 0.3) is 11.1 Å². The number of pyridine rings is 1. The van der Waals surface area contributed by atoms with Crippen LogP contribution in [0, 0.1) is 11.7 Å². The molecule has 204 valence electrons. The Kier molecular flexibility index (Phi) is 8.01. The van der Waals surface area contributed by atoms with E-state index in [1.54, 1.807) is 6.07 Å². The van der Waals surface area contributed by atoms with Crippen LogP contribution in [0.2, 0.25) is 0 Å². The standard InChI is InChI=1S/C33H36FNO4/c1-4-33(14-5-6-15-33)29-16-22(10-13-26(29)28-18-31(37-2)35-20-30(28)34)21-39-25-9-7-8-24(17-25)27(23-11-12-23)19-32(36)38-3/h4,7-10,13,16-18,20,23,27H,1,5-6,11-12,14-15,19,21H2,2-3H3. The first-order chi connectivity index (χ1) is 19.0. The van der Waals surface area contributed by atoms with Crippen LogP contribution in [0.5, 0.6) is 11.6 Å². The summed E-state index contributed by atoms with van der Waals surface area (Å²) in [6, 6.07) is 15.8. The number of methoxy groups -OCH3 is 2. The van der Waals surface area contributed by atoms with Gasteiger partial charge in [0, 0.05) is 17.0 Å². The molecule has 0 bridgehead atoms. The summed E-state index contributed by atoms with van der Waals surface area (Å²) in [5.74, 6) is 1.24. The Balaban J connectivity index is 1.43.